The minimum absolute atomic E-state index is 0.150. The molecule has 0 radical (unpaired) electrons. The summed E-state index contributed by atoms with van der Waals surface area (Å²) in [5.41, 5.74) is 3.81. The number of amides is 2. The third-order valence-corrected chi connectivity index (χ3v) is 3.90. The molecule has 1 aliphatic rings. The Hall–Kier alpha value is -2.62. The maximum atomic E-state index is 12.3. The fourth-order valence-electron chi connectivity index (χ4n) is 2.60. The van der Waals surface area contributed by atoms with Crippen molar-refractivity contribution in [1.82, 2.24) is 10.6 Å². The van der Waals surface area contributed by atoms with E-state index in [-0.39, 0.29) is 11.8 Å². The predicted molar refractivity (Wildman–Crippen MR) is 84.4 cm³/mol. The van der Waals surface area contributed by atoms with Gasteiger partial charge >= 0.3 is 0 Å². The zero-order valence-electron chi connectivity index (χ0n) is 12.4. The minimum atomic E-state index is -0.507. The number of carbonyl (C=O) groups is 2. The van der Waals surface area contributed by atoms with E-state index in [1.807, 2.05) is 49.4 Å². The van der Waals surface area contributed by atoms with Gasteiger partial charge in [0.25, 0.3) is 5.91 Å². The molecule has 112 valence electrons. The Kier molecular flexibility index (Phi) is 3.92. The topological polar surface area (TPSA) is 58.2 Å². The van der Waals surface area contributed by atoms with Crippen molar-refractivity contribution in [2.24, 2.45) is 0 Å². The van der Waals surface area contributed by atoms with Crippen LogP contribution in [0.25, 0.3) is 0 Å². The first-order valence-corrected chi connectivity index (χ1v) is 7.35. The number of hydrogen-bond donors (Lipinski definition) is 2. The molecule has 3 rings (SSSR count). The van der Waals surface area contributed by atoms with Gasteiger partial charge in [0.05, 0.1) is 0 Å². The van der Waals surface area contributed by atoms with Gasteiger partial charge in [0, 0.05) is 18.5 Å². The summed E-state index contributed by atoms with van der Waals surface area (Å²) < 4.78 is 0. The van der Waals surface area contributed by atoms with Gasteiger partial charge in [-0.05, 0) is 24.1 Å². The fraction of sp³-hybridized carbons (Fsp3) is 0.222. The molecule has 2 aromatic rings. The smallest absolute Gasteiger partial charge is 0.252 e. The van der Waals surface area contributed by atoms with Crippen LogP contribution < -0.4 is 10.6 Å². The second kappa shape index (κ2) is 6.02. The summed E-state index contributed by atoms with van der Waals surface area (Å²) in [5.74, 6) is -0.333. The van der Waals surface area contributed by atoms with Gasteiger partial charge in [-0.25, -0.2) is 0 Å². The Morgan fingerprint density at radius 1 is 1.18 bits per heavy atom. The van der Waals surface area contributed by atoms with Crippen molar-refractivity contribution < 1.29 is 9.59 Å². The van der Waals surface area contributed by atoms with Gasteiger partial charge in [0.2, 0.25) is 5.91 Å². The summed E-state index contributed by atoms with van der Waals surface area (Å²) in [6, 6.07) is 14.9. The van der Waals surface area contributed by atoms with Gasteiger partial charge in [0.1, 0.15) is 6.04 Å². The van der Waals surface area contributed by atoms with Crippen LogP contribution in [0.1, 0.15) is 27.0 Å². The summed E-state index contributed by atoms with van der Waals surface area (Å²) in [7, 11) is 0. The first-order valence-electron chi connectivity index (χ1n) is 7.35. The van der Waals surface area contributed by atoms with Crippen molar-refractivity contribution in [2.45, 2.75) is 25.9 Å². The molecule has 1 aliphatic heterocycles. The zero-order chi connectivity index (χ0) is 15.5. The van der Waals surface area contributed by atoms with Crippen molar-refractivity contribution in [3.8, 4) is 0 Å². The lowest BCUT2D eigenvalue weighted by atomic mass is 9.95. The summed E-state index contributed by atoms with van der Waals surface area (Å²) in [6.45, 7) is 2.49. The average molecular weight is 294 g/mol. The molecule has 0 aliphatic carbocycles. The van der Waals surface area contributed by atoms with Crippen LogP contribution in [0, 0.1) is 6.92 Å². The number of aryl methyl sites for hydroxylation is 1. The Balaban J connectivity index is 1.64. The molecule has 1 heterocycles. The normalized spacial score (nSPS) is 16.6. The SMILES string of the molecule is Cc1ccc(CNC(=O)C2Cc3ccccc3C(=O)N2)cc1. The molecular weight excluding hydrogens is 276 g/mol. The maximum absolute atomic E-state index is 12.3. The van der Waals surface area contributed by atoms with Crippen LogP contribution in [0.15, 0.2) is 48.5 Å². The molecule has 2 amide bonds. The second-order valence-electron chi connectivity index (χ2n) is 5.59. The number of rotatable bonds is 3. The van der Waals surface area contributed by atoms with Crippen molar-refractivity contribution in [3.63, 3.8) is 0 Å². The highest BCUT2D eigenvalue weighted by atomic mass is 16.2. The van der Waals surface area contributed by atoms with Gasteiger partial charge in [-0.15, -0.1) is 0 Å². The molecule has 0 saturated carbocycles. The van der Waals surface area contributed by atoms with Crippen molar-refractivity contribution in [3.05, 3.63) is 70.8 Å². The van der Waals surface area contributed by atoms with E-state index in [0.717, 1.165) is 11.1 Å². The van der Waals surface area contributed by atoms with Crippen LogP contribution in [-0.4, -0.2) is 17.9 Å². The lowest BCUT2D eigenvalue weighted by molar-refractivity contribution is -0.123. The van der Waals surface area contributed by atoms with Crippen LogP contribution in [0.4, 0.5) is 0 Å². The van der Waals surface area contributed by atoms with Gasteiger partial charge < -0.3 is 10.6 Å². The highest BCUT2D eigenvalue weighted by molar-refractivity contribution is 6.00. The van der Waals surface area contributed by atoms with Crippen LogP contribution in [-0.2, 0) is 17.8 Å². The van der Waals surface area contributed by atoms with Gasteiger partial charge in [-0.2, -0.15) is 0 Å². The zero-order valence-corrected chi connectivity index (χ0v) is 12.4. The molecule has 2 aromatic carbocycles. The van der Waals surface area contributed by atoms with E-state index in [4.69, 9.17) is 0 Å². The summed E-state index contributed by atoms with van der Waals surface area (Å²) in [4.78, 5) is 24.3. The third kappa shape index (κ3) is 3.01. The molecule has 1 atom stereocenters. The van der Waals surface area contributed by atoms with Crippen LogP contribution in [0.3, 0.4) is 0 Å². The summed E-state index contributed by atoms with van der Waals surface area (Å²) in [5, 5.41) is 5.65. The average Bonchev–Trinajstić information content (AvgIpc) is 2.54. The highest BCUT2D eigenvalue weighted by Gasteiger charge is 2.28. The van der Waals surface area contributed by atoms with E-state index in [1.165, 1.54) is 5.56 Å². The third-order valence-electron chi connectivity index (χ3n) is 3.90. The van der Waals surface area contributed by atoms with E-state index in [2.05, 4.69) is 10.6 Å². The molecule has 0 aromatic heterocycles. The monoisotopic (exact) mass is 294 g/mol. The number of hydrogen-bond acceptors (Lipinski definition) is 2. The van der Waals surface area contributed by atoms with E-state index in [9.17, 15) is 9.59 Å². The molecule has 2 N–H and O–H groups in total. The van der Waals surface area contributed by atoms with Gasteiger partial charge in [-0.3, -0.25) is 9.59 Å². The molecule has 22 heavy (non-hydrogen) atoms. The van der Waals surface area contributed by atoms with Crippen molar-refractivity contribution in [2.75, 3.05) is 0 Å². The molecule has 0 fully saturated rings. The van der Waals surface area contributed by atoms with Crippen LogP contribution >= 0.6 is 0 Å². The number of carbonyl (C=O) groups excluding carboxylic acids is 2. The molecule has 1 unspecified atom stereocenters. The highest BCUT2D eigenvalue weighted by Crippen LogP contribution is 2.16. The van der Waals surface area contributed by atoms with Crippen molar-refractivity contribution in [1.29, 1.82) is 0 Å². The van der Waals surface area contributed by atoms with Gasteiger partial charge in [0.15, 0.2) is 0 Å². The first-order chi connectivity index (χ1) is 10.6. The lowest BCUT2D eigenvalue weighted by Crippen LogP contribution is -2.50. The molecule has 0 bridgehead atoms. The quantitative estimate of drug-likeness (QED) is 0.909. The predicted octanol–water partition coefficient (Wildman–Crippen LogP) is 1.97. The van der Waals surface area contributed by atoms with E-state index < -0.39 is 6.04 Å². The van der Waals surface area contributed by atoms with E-state index in [0.29, 0.717) is 18.5 Å². The first kappa shape index (κ1) is 14.3. The summed E-state index contributed by atoms with van der Waals surface area (Å²) in [6.07, 6.45) is 0.529. The molecule has 0 spiro atoms. The fourth-order valence-corrected chi connectivity index (χ4v) is 2.60. The van der Waals surface area contributed by atoms with E-state index >= 15 is 0 Å². The molecule has 4 heteroatoms. The number of benzene rings is 2. The minimum Gasteiger partial charge on any atom is -0.350 e. The molecular formula is C18H18N2O2. The second-order valence-corrected chi connectivity index (χ2v) is 5.59. The molecule has 4 nitrogen and oxygen atoms in total. The van der Waals surface area contributed by atoms with E-state index in [1.54, 1.807) is 6.07 Å². The Morgan fingerprint density at radius 3 is 2.68 bits per heavy atom. The van der Waals surface area contributed by atoms with Crippen LogP contribution in [0.2, 0.25) is 0 Å². The Bertz CT molecular complexity index is 707. The molecule has 0 saturated heterocycles. The number of fused-ring (bicyclic) bond motifs is 1. The lowest BCUT2D eigenvalue weighted by Gasteiger charge is -2.24. The standard InChI is InChI=1S/C18H18N2O2/c1-12-6-8-13(9-7-12)11-19-18(22)16-10-14-4-2-3-5-15(14)17(21)20-16/h2-9,16H,10-11H2,1H3,(H,19,22)(H,20,21). The maximum Gasteiger partial charge on any atom is 0.252 e. The Labute approximate surface area is 129 Å². The largest absolute Gasteiger partial charge is 0.350 e. The van der Waals surface area contributed by atoms with Crippen LogP contribution in [0.5, 0.6) is 0 Å². The number of nitrogens with one attached hydrogen (secondary N) is 2. The van der Waals surface area contributed by atoms with Gasteiger partial charge in [-0.1, -0.05) is 48.0 Å². The van der Waals surface area contributed by atoms with Crippen molar-refractivity contribution >= 4 is 11.8 Å². The Morgan fingerprint density at radius 2 is 1.91 bits per heavy atom. The summed E-state index contributed by atoms with van der Waals surface area (Å²) >= 11 is 0.